The highest BCUT2D eigenvalue weighted by Gasteiger charge is 2.26. The third kappa shape index (κ3) is 3.91. The predicted octanol–water partition coefficient (Wildman–Crippen LogP) is 4.77. The maximum absolute atomic E-state index is 5.98. The van der Waals surface area contributed by atoms with E-state index in [1.54, 1.807) is 6.20 Å². The first-order chi connectivity index (χ1) is 12.7. The summed E-state index contributed by atoms with van der Waals surface area (Å²) >= 11 is 0. The lowest BCUT2D eigenvalue weighted by Gasteiger charge is -2.36. The number of rotatable bonds is 5. The van der Waals surface area contributed by atoms with Crippen LogP contribution in [-0.2, 0) is 12.8 Å². The summed E-state index contributed by atoms with van der Waals surface area (Å²) < 4.78 is 5.98. The van der Waals surface area contributed by atoms with Gasteiger partial charge in [-0.05, 0) is 61.9 Å². The van der Waals surface area contributed by atoms with Gasteiger partial charge in [-0.1, -0.05) is 19.1 Å². The quantitative estimate of drug-likeness (QED) is 0.843. The number of hydrogen-bond acceptors (Lipinski definition) is 4. The number of fused-ring (bicyclic) bond motifs is 1. The molecule has 0 saturated heterocycles. The molecule has 0 radical (unpaired) electrons. The van der Waals surface area contributed by atoms with E-state index in [0.717, 1.165) is 36.0 Å². The summed E-state index contributed by atoms with van der Waals surface area (Å²) in [7, 11) is 0. The van der Waals surface area contributed by atoms with Gasteiger partial charge in [0.05, 0.1) is 11.9 Å². The minimum atomic E-state index is 0.613. The maximum Gasteiger partial charge on any atom is 0.219 e. The number of ether oxygens (including phenoxy) is 1. The van der Waals surface area contributed by atoms with Crippen molar-refractivity contribution in [3.8, 4) is 11.6 Å². The molecule has 1 aromatic heterocycles. The average Bonchev–Trinajstić information content (AvgIpc) is 2.77. The highest BCUT2D eigenvalue weighted by Crippen LogP contribution is 2.29. The fourth-order valence-corrected chi connectivity index (χ4v) is 3.78. The molecule has 136 valence electrons. The Morgan fingerprint density at radius 2 is 1.96 bits per heavy atom. The van der Waals surface area contributed by atoms with Gasteiger partial charge in [-0.2, -0.15) is 0 Å². The molecule has 0 amide bonds. The van der Waals surface area contributed by atoms with Crippen LogP contribution in [-0.4, -0.2) is 29.0 Å². The van der Waals surface area contributed by atoms with Gasteiger partial charge in [0.15, 0.2) is 0 Å². The second-order valence-electron chi connectivity index (χ2n) is 7.44. The second kappa shape index (κ2) is 7.50. The predicted molar refractivity (Wildman–Crippen MR) is 106 cm³/mol. The molecule has 1 fully saturated rings. The van der Waals surface area contributed by atoms with E-state index in [-0.39, 0.29) is 0 Å². The topological polar surface area (TPSA) is 37.4 Å². The fourth-order valence-electron chi connectivity index (χ4n) is 3.78. The first kappa shape index (κ1) is 17.1. The van der Waals surface area contributed by atoms with Gasteiger partial charge in [0, 0.05) is 30.9 Å². The molecule has 2 heterocycles. The molecule has 2 aromatic rings. The average molecular weight is 349 g/mol. The summed E-state index contributed by atoms with van der Waals surface area (Å²) in [6, 6.07) is 11.2. The first-order valence-electron chi connectivity index (χ1n) is 9.60. The van der Waals surface area contributed by atoms with Crippen molar-refractivity contribution in [2.75, 3.05) is 18.4 Å². The molecule has 1 aromatic carbocycles. The monoisotopic (exact) mass is 349 g/mol. The van der Waals surface area contributed by atoms with E-state index in [1.807, 2.05) is 19.1 Å². The Labute approximate surface area is 155 Å². The summed E-state index contributed by atoms with van der Waals surface area (Å²) in [5, 5.41) is 3.15. The molecule has 0 unspecified atom stereocenters. The molecule has 1 aliphatic carbocycles. The van der Waals surface area contributed by atoms with Crippen molar-refractivity contribution in [2.45, 2.75) is 45.1 Å². The highest BCUT2D eigenvalue weighted by atomic mass is 16.5. The van der Waals surface area contributed by atoms with Crippen molar-refractivity contribution < 1.29 is 4.74 Å². The van der Waals surface area contributed by atoms with Gasteiger partial charge in [0.25, 0.3) is 0 Å². The molecule has 4 heteroatoms. The number of benzene rings is 1. The minimum Gasteiger partial charge on any atom is -0.439 e. The van der Waals surface area contributed by atoms with Crippen LogP contribution >= 0.6 is 0 Å². The van der Waals surface area contributed by atoms with E-state index in [2.05, 4.69) is 40.0 Å². The lowest BCUT2D eigenvalue weighted by molar-refractivity contribution is 0.133. The molecule has 2 aliphatic rings. The van der Waals surface area contributed by atoms with Crippen molar-refractivity contribution in [1.29, 1.82) is 0 Å². The van der Waals surface area contributed by atoms with Crippen LogP contribution in [0.25, 0.3) is 0 Å². The summed E-state index contributed by atoms with van der Waals surface area (Å²) in [6.07, 6.45) is 8.19. The van der Waals surface area contributed by atoms with Crippen molar-refractivity contribution in [3.63, 3.8) is 0 Å². The van der Waals surface area contributed by atoms with Crippen molar-refractivity contribution in [3.05, 3.63) is 59.9 Å². The number of hydrogen-bond donors (Lipinski definition) is 1. The number of nitrogens with zero attached hydrogens (tertiary/aromatic N) is 2. The van der Waals surface area contributed by atoms with Gasteiger partial charge in [0.2, 0.25) is 5.88 Å². The van der Waals surface area contributed by atoms with E-state index >= 15 is 0 Å². The van der Waals surface area contributed by atoms with Gasteiger partial charge in [0.1, 0.15) is 5.75 Å². The van der Waals surface area contributed by atoms with Crippen LogP contribution in [0, 0.1) is 0 Å². The van der Waals surface area contributed by atoms with Gasteiger partial charge < -0.3 is 10.1 Å². The molecule has 1 aliphatic heterocycles. The Kier molecular flexibility index (Phi) is 4.93. The molecule has 0 atom stereocenters. The summed E-state index contributed by atoms with van der Waals surface area (Å²) in [4.78, 5) is 7.06. The highest BCUT2D eigenvalue weighted by molar-refractivity contribution is 5.47. The van der Waals surface area contributed by atoms with E-state index in [9.17, 15) is 0 Å². The van der Waals surface area contributed by atoms with Gasteiger partial charge in [-0.3, -0.25) is 4.90 Å². The number of nitrogens with one attached hydrogen (secondary N) is 1. The minimum absolute atomic E-state index is 0.613. The fraction of sp³-hybridized carbons (Fsp3) is 0.409. The lowest BCUT2D eigenvalue weighted by Crippen LogP contribution is -2.41. The van der Waals surface area contributed by atoms with E-state index in [4.69, 9.17) is 4.74 Å². The van der Waals surface area contributed by atoms with Crippen molar-refractivity contribution in [1.82, 2.24) is 9.88 Å². The molecule has 26 heavy (non-hydrogen) atoms. The molecule has 0 bridgehead atoms. The zero-order valence-electron chi connectivity index (χ0n) is 15.5. The zero-order chi connectivity index (χ0) is 17.9. The summed E-state index contributed by atoms with van der Waals surface area (Å²) in [5.41, 5.74) is 4.70. The van der Waals surface area contributed by atoms with Crippen molar-refractivity contribution in [2.24, 2.45) is 0 Å². The van der Waals surface area contributed by atoms with Crippen LogP contribution in [0.2, 0.25) is 0 Å². The molecule has 0 spiro atoms. The standard InChI is InChI=1S/C22H27N3O/c1-16(2)24-19-7-9-22(23-15-19)26-21-8-6-17-10-12-25(20-4-3-5-20)13-11-18(17)14-21/h6-9,14-15,20,24H,1,3-5,10-13H2,2H3. The van der Waals surface area contributed by atoms with Crippen LogP contribution in [0.5, 0.6) is 11.6 Å². The Balaban J connectivity index is 1.42. The van der Waals surface area contributed by atoms with Gasteiger partial charge >= 0.3 is 0 Å². The lowest BCUT2D eigenvalue weighted by atomic mass is 9.91. The second-order valence-corrected chi connectivity index (χ2v) is 7.44. The maximum atomic E-state index is 5.98. The number of pyridine rings is 1. The van der Waals surface area contributed by atoms with Crippen LogP contribution < -0.4 is 10.1 Å². The molecule has 1 N–H and O–H groups in total. The zero-order valence-corrected chi connectivity index (χ0v) is 15.5. The molecular formula is C22H27N3O. The first-order valence-corrected chi connectivity index (χ1v) is 9.60. The number of anilines is 1. The third-order valence-corrected chi connectivity index (χ3v) is 5.42. The normalized spacial score (nSPS) is 17.7. The van der Waals surface area contributed by atoms with E-state index in [0.29, 0.717) is 5.88 Å². The van der Waals surface area contributed by atoms with E-state index < -0.39 is 0 Å². The van der Waals surface area contributed by atoms with Gasteiger partial charge in [-0.25, -0.2) is 4.98 Å². The molecule has 4 nitrogen and oxygen atoms in total. The smallest absolute Gasteiger partial charge is 0.219 e. The van der Waals surface area contributed by atoms with Crippen LogP contribution in [0.3, 0.4) is 0 Å². The SMILES string of the molecule is C=C(C)Nc1ccc(Oc2ccc3c(c2)CCN(C2CCC2)CC3)nc1. The summed E-state index contributed by atoms with van der Waals surface area (Å²) in [6.45, 7) is 8.12. The van der Waals surface area contributed by atoms with Crippen LogP contribution in [0.15, 0.2) is 48.8 Å². The number of allylic oxidation sites excluding steroid dienone is 1. The largest absolute Gasteiger partial charge is 0.439 e. The number of aromatic nitrogens is 1. The summed E-state index contributed by atoms with van der Waals surface area (Å²) in [5.74, 6) is 1.48. The molecular weight excluding hydrogens is 322 g/mol. The van der Waals surface area contributed by atoms with Crippen molar-refractivity contribution >= 4 is 5.69 Å². The third-order valence-electron chi connectivity index (χ3n) is 5.42. The molecule has 1 saturated carbocycles. The Hall–Kier alpha value is -2.33. The Morgan fingerprint density at radius 3 is 2.62 bits per heavy atom. The Morgan fingerprint density at radius 1 is 1.15 bits per heavy atom. The van der Waals surface area contributed by atoms with Crippen LogP contribution in [0.4, 0.5) is 5.69 Å². The molecule has 4 rings (SSSR count). The van der Waals surface area contributed by atoms with Crippen LogP contribution in [0.1, 0.15) is 37.3 Å². The van der Waals surface area contributed by atoms with Gasteiger partial charge in [-0.15, -0.1) is 0 Å². The Bertz CT molecular complexity index is 780. The van der Waals surface area contributed by atoms with E-state index in [1.165, 1.54) is 43.5 Å².